The molecule has 1 aliphatic heterocycles. The lowest BCUT2D eigenvalue weighted by molar-refractivity contribution is -0.134. The number of nitrogens with one attached hydrogen (secondary N) is 4. The Hall–Kier alpha value is -4.29. The molecule has 13 heteroatoms. The number of morpholine rings is 1. The molecular formula is C24H22ClFN6O5. The molecule has 0 bridgehead atoms. The summed E-state index contributed by atoms with van der Waals surface area (Å²) in [5, 5.41) is 7.72. The lowest BCUT2D eigenvalue weighted by Crippen LogP contribution is -2.45. The summed E-state index contributed by atoms with van der Waals surface area (Å²) < 4.78 is 18.4. The molecule has 2 heterocycles. The van der Waals surface area contributed by atoms with E-state index in [1.54, 1.807) is 17.0 Å². The monoisotopic (exact) mass is 528 g/mol. The van der Waals surface area contributed by atoms with Crippen LogP contribution in [0.2, 0.25) is 5.02 Å². The molecular weight excluding hydrogens is 507 g/mol. The van der Waals surface area contributed by atoms with Crippen LogP contribution in [0.15, 0.2) is 48.8 Å². The fourth-order valence-corrected chi connectivity index (χ4v) is 3.76. The van der Waals surface area contributed by atoms with Gasteiger partial charge in [-0.1, -0.05) is 11.6 Å². The Balaban J connectivity index is 1.33. The molecule has 2 aromatic carbocycles. The van der Waals surface area contributed by atoms with Crippen molar-refractivity contribution in [2.24, 2.45) is 0 Å². The van der Waals surface area contributed by atoms with Gasteiger partial charge in [-0.2, -0.15) is 0 Å². The molecule has 4 amide bonds. The number of H-pyrrole nitrogens is 1. The maximum absolute atomic E-state index is 13.2. The van der Waals surface area contributed by atoms with Gasteiger partial charge in [0.15, 0.2) is 5.69 Å². The number of amides is 4. The largest absolute Gasteiger partial charge is 0.378 e. The molecule has 11 nitrogen and oxygen atoms in total. The molecule has 0 atom stereocenters. The third-order valence-corrected chi connectivity index (χ3v) is 5.73. The van der Waals surface area contributed by atoms with Gasteiger partial charge in [0.2, 0.25) is 5.91 Å². The molecule has 1 aliphatic rings. The first-order valence-corrected chi connectivity index (χ1v) is 11.5. The van der Waals surface area contributed by atoms with E-state index in [1.165, 1.54) is 24.5 Å². The van der Waals surface area contributed by atoms with Gasteiger partial charge in [-0.15, -0.1) is 0 Å². The Morgan fingerprint density at radius 3 is 2.27 bits per heavy atom. The third kappa shape index (κ3) is 6.48. The molecule has 192 valence electrons. The normalized spacial score (nSPS) is 13.1. The van der Waals surface area contributed by atoms with Gasteiger partial charge in [-0.3, -0.25) is 19.2 Å². The van der Waals surface area contributed by atoms with E-state index in [0.29, 0.717) is 37.7 Å². The van der Waals surface area contributed by atoms with Crippen molar-refractivity contribution in [3.05, 3.63) is 76.6 Å². The van der Waals surface area contributed by atoms with Gasteiger partial charge in [0.25, 0.3) is 17.7 Å². The number of ether oxygens (including phenoxy) is 1. The molecule has 0 spiro atoms. The Bertz CT molecular complexity index is 1320. The molecule has 0 unspecified atom stereocenters. The number of rotatable bonds is 7. The van der Waals surface area contributed by atoms with Crippen molar-refractivity contribution in [1.82, 2.24) is 20.2 Å². The number of carbonyl (C=O) groups excluding carboxylic acids is 4. The number of carbonyl (C=O) groups is 4. The highest BCUT2D eigenvalue weighted by molar-refractivity contribution is 6.34. The average Bonchev–Trinajstić information content (AvgIpc) is 3.39. The maximum atomic E-state index is 13.2. The Labute approximate surface area is 215 Å². The van der Waals surface area contributed by atoms with Crippen LogP contribution in [-0.4, -0.2) is 71.3 Å². The fourth-order valence-electron chi connectivity index (χ4n) is 3.51. The minimum atomic E-state index is -0.675. The van der Waals surface area contributed by atoms with E-state index in [4.69, 9.17) is 16.3 Å². The summed E-state index contributed by atoms with van der Waals surface area (Å²) in [5.74, 6) is -2.64. The van der Waals surface area contributed by atoms with Crippen molar-refractivity contribution in [2.45, 2.75) is 0 Å². The van der Waals surface area contributed by atoms with E-state index in [1.807, 2.05) is 0 Å². The molecule has 3 aromatic rings. The lowest BCUT2D eigenvalue weighted by atomic mass is 10.2. The van der Waals surface area contributed by atoms with Crippen molar-refractivity contribution in [3.63, 3.8) is 0 Å². The van der Waals surface area contributed by atoms with Gasteiger partial charge in [0.05, 0.1) is 36.7 Å². The van der Waals surface area contributed by atoms with Crippen molar-refractivity contribution in [3.8, 4) is 0 Å². The number of hydrogen-bond acceptors (Lipinski definition) is 6. The van der Waals surface area contributed by atoms with E-state index < -0.39 is 23.5 Å². The highest BCUT2D eigenvalue weighted by Gasteiger charge is 2.23. The first-order valence-electron chi connectivity index (χ1n) is 11.2. The summed E-state index contributed by atoms with van der Waals surface area (Å²) in [4.78, 5) is 58.0. The van der Waals surface area contributed by atoms with Gasteiger partial charge < -0.3 is 30.6 Å². The van der Waals surface area contributed by atoms with Crippen LogP contribution in [0.5, 0.6) is 0 Å². The Morgan fingerprint density at radius 1 is 0.973 bits per heavy atom. The minimum absolute atomic E-state index is 0.0220. The second-order valence-electron chi connectivity index (χ2n) is 7.91. The first-order chi connectivity index (χ1) is 17.8. The lowest BCUT2D eigenvalue weighted by Gasteiger charge is -2.26. The number of nitrogens with zero attached hydrogens (tertiary/aromatic N) is 2. The van der Waals surface area contributed by atoms with Crippen LogP contribution in [-0.2, 0) is 9.53 Å². The minimum Gasteiger partial charge on any atom is -0.378 e. The summed E-state index contributed by atoms with van der Waals surface area (Å²) in [7, 11) is 0. The summed E-state index contributed by atoms with van der Waals surface area (Å²) >= 11 is 5.92. The third-order valence-electron chi connectivity index (χ3n) is 5.42. The number of aromatic amines is 1. The smallest absolute Gasteiger partial charge is 0.274 e. The van der Waals surface area contributed by atoms with Gasteiger partial charge in [0.1, 0.15) is 11.5 Å². The van der Waals surface area contributed by atoms with Crippen LogP contribution >= 0.6 is 11.6 Å². The van der Waals surface area contributed by atoms with Crippen LogP contribution in [0, 0.1) is 5.82 Å². The quantitative estimate of drug-likeness (QED) is 0.370. The standard InChI is InChI=1S/C24H22ClFN6O5/c25-18-11-14(26)1-6-17(18)22(34)30-15-2-4-16(5-3-15)31-24(36)21-20(28-13-29-21)23(35)27-12-19(33)32-7-9-37-10-8-32/h1-6,11,13H,7-10,12H2,(H,27,35)(H,28,29)(H,30,34)(H,31,36). The van der Waals surface area contributed by atoms with Crippen LogP contribution in [0.25, 0.3) is 0 Å². The summed E-state index contributed by atoms with van der Waals surface area (Å²) in [6.07, 6.45) is 1.20. The zero-order chi connectivity index (χ0) is 26.4. The summed E-state index contributed by atoms with van der Waals surface area (Å²) in [6, 6.07) is 9.62. The van der Waals surface area contributed by atoms with E-state index >= 15 is 0 Å². The molecule has 1 saturated heterocycles. The average molecular weight is 529 g/mol. The van der Waals surface area contributed by atoms with Crippen molar-refractivity contribution in [2.75, 3.05) is 43.5 Å². The predicted octanol–water partition coefficient (Wildman–Crippen LogP) is 2.30. The van der Waals surface area contributed by atoms with E-state index in [0.717, 1.165) is 12.1 Å². The van der Waals surface area contributed by atoms with Crippen LogP contribution < -0.4 is 16.0 Å². The van der Waals surface area contributed by atoms with Gasteiger partial charge in [0, 0.05) is 24.5 Å². The number of hydrogen-bond donors (Lipinski definition) is 4. The van der Waals surface area contributed by atoms with Crippen LogP contribution in [0.1, 0.15) is 31.3 Å². The Morgan fingerprint density at radius 2 is 1.62 bits per heavy atom. The second kappa shape index (κ2) is 11.6. The van der Waals surface area contributed by atoms with Crippen molar-refractivity contribution in [1.29, 1.82) is 0 Å². The van der Waals surface area contributed by atoms with Crippen LogP contribution in [0.3, 0.4) is 0 Å². The molecule has 0 saturated carbocycles. The zero-order valence-corrected chi connectivity index (χ0v) is 20.1. The van der Waals surface area contributed by atoms with E-state index in [-0.39, 0.29) is 34.4 Å². The van der Waals surface area contributed by atoms with E-state index in [9.17, 15) is 23.6 Å². The van der Waals surface area contributed by atoms with Gasteiger partial charge in [-0.05, 0) is 42.5 Å². The molecule has 37 heavy (non-hydrogen) atoms. The Kier molecular flexibility index (Phi) is 8.11. The number of anilines is 2. The SMILES string of the molecule is O=C(Nc1ccc(NC(=O)c2[nH]cnc2C(=O)NCC(=O)N2CCOCC2)cc1)c1ccc(F)cc1Cl. The number of imidazole rings is 1. The molecule has 4 rings (SSSR count). The topological polar surface area (TPSA) is 146 Å². The predicted molar refractivity (Wildman–Crippen MR) is 132 cm³/mol. The number of halogens is 2. The summed E-state index contributed by atoms with van der Waals surface area (Å²) in [6.45, 7) is 1.56. The number of benzene rings is 2. The molecule has 0 radical (unpaired) electrons. The fraction of sp³-hybridized carbons (Fsp3) is 0.208. The number of aromatic nitrogens is 2. The van der Waals surface area contributed by atoms with Crippen LogP contribution in [0.4, 0.5) is 15.8 Å². The molecule has 1 aromatic heterocycles. The van der Waals surface area contributed by atoms with Gasteiger partial charge in [-0.25, -0.2) is 9.37 Å². The van der Waals surface area contributed by atoms with Crippen molar-refractivity contribution < 1.29 is 28.3 Å². The second-order valence-corrected chi connectivity index (χ2v) is 8.32. The molecule has 1 fully saturated rings. The van der Waals surface area contributed by atoms with Crippen molar-refractivity contribution >= 4 is 46.6 Å². The molecule has 0 aliphatic carbocycles. The van der Waals surface area contributed by atoms with E-state index in [2.05, 4.69) is 25.9 Å². The highest BCUT2D eigenvalue weighted by Crippen LogP contribution is 2.20. The van der Waals surface area contributed by atoms with Gasteiger partial charge >= 0.3 is 0 Å². The highest BCUT2D eigenvalue weighted by atomic mass is 35.5. The maximum Gasteiger partial charge on any atom is 0.274 e. The zero-order valence-electron chi connectivity index (χ0n) is 19.3. The first kappa shape index (κ1) is 25.8. The summed E-state index contributed by atoms with van der Waals surface area (Å²) in [5.41, 5.74) is 0.658. The molecule has 4 N–H and O–H groups in total.